The van der Waals surface area contributed by atoms with E-state index in [1.807, 2.05) is 6.92 Å². The van der Waals surface area contributed by atoms with Crippen LogP contribution in [-0.4, -0.2) is 39.5 Å². The summed E-state index contributed by atoms with van der Waals surface area (Å²) in [5.74, 6) is -0.512. The van der Waals surface area contributed by atoms with Gasteiger partial charge in [-0.05, 0) is 44.0 Å². The van der Waals surface area contributed by atoms with Gasteiger partial charge in [-0.25, -0.2) is 17.5 Å². The van der Waals surface area contributed by atoms with E-state index in [0.29, 0.717) is 6.54 Å². The summed E-state index contributed by atoms with van der Waals surface area (Å²) in [5, 5.41) is 0. The molecular weight excluding hydrogens is 279 g/mol. The van der Waals surface area contributed by atoms with Crippen molar-refractivity contribution in [2.45, 2.75) is 24.7 Å². The molecule has 0 amide bonds. The Hall–Kier alpha value is -0.980. The normalized spacial score (nSPS) is 18.3. The molecule has 20 heavy (non-hydrogen) atoms. The van der Waals surface area contributed by atoms with Crippen molar-refractivity contribution >= 4 is 10.0 Å². The van der Waals surface area contributed by atoms with Gasteiger partial charge < -0.3 is 4.90 Å². The Labute approximate surface area is 120 Å². The fourth-order valence-electron chi connectivity index (χ4n) is 2.46. The Balaban J connectivity index is 1.90. The average Bonchev–Trinajstić information content (AvgIpc) is 2.90. The number of nitrogens with one attached hydrogen (secondary N) is 1. The van der Waals surface area contributed by atoms with E-state index in [1.54, 1.807) is 0 Å². The Kier molecular flexibility index (Phi) is 5.12. The van der Waals surface area contributed by atoms with Crippen LogP contribution in [0.3, 0.4) is 0 Å². The lowest BCUT2D eigenvalue weighted by Gasteiger charge is -2.20. The van der Waals surface area contributed by atoms with Gasteiger partial charge in [0.2, 0.25) is 10.0 Å². The van der Waals surface area contributed by atoms with E-state index in [-0.39, 0.29) is 10.8 Å². The van der Waals surface area contributed by atoms with Crippen LogP contribution in [0.25, 0.3) is 0 Å². The van der Waals surface area contributed by atoms with Crippen LogP contribution in [0.4, 0.5) is 4.39 Å². The Morgan fingerprint density at radius 3 is 2.60 bits per heavy atom. The second kappa shape index (κ2) is 6.65. The van der Waals surface area contributed by atoms with Gasteiger partial charge >= 0.3 is 0 Å². The van der Waals surface area contributed by atoms with Gasteiger partial charge in [-0.2, -0.15) is 0 Å². The van der Waals surface area contributed by atoms with Gasteiger partial charge in [-0.1, -0.05) is 19.1 Å². The number of rotatable bonds is 6. The van der Waals surface area contributed by atoms with Gasteiger partial charge in [-0.3, -0.25) is 0 Å². The van der Waals surface area contributed by atoms with Crippen molar-refractivity contribution in [3.8, 4) is 0 Å². The van der Waals surface area contributed by atoms with Gasteiger partial charge in [0.05, 0.1) is 0 Å². The Bertz CT molecular complexity index is 542. The molecule has 0 radical (unpaired) electrons. The molecule has 1 heterocycles. The van der Waals surface area contributed by atoms with Gasteiger partial charge in [0.25, 0.3) is 0 Å². The zero-order chi connectivity index (χ0) is 14.6. The summed E-state index contributed by atoms with van der Waals surface area (Å²) in [6, 6.07) is 5.43. The third-order valence-corrected chi connectivity index (χ3v) is 4.97. The monoisotopic (exact) mass is 300 g/mol. The van der Waals surface area contributed by atoms with Crippen molar-refractivity contribution in [3.05, 3.63) is 30.1 Å². The number of likely N-dealkylation sites (tertiary alicyclic amines) is 1. The highest BCUT2D eigenvalue weighted by Gasteiger charge is 2.20. The van der Waals surface area contributed by atoms with Gasteiger partial charge in [-0.15, -0.1) is 0 Å². The van der Waals surface area contributed by atoms with E-state index in [1.165, 1.54) is 31.0 Å². The number of halogens is 1. The molecule has 1 aliphatic heterocycles. The molecule has 1 saturated heterocycles. The Morgan fingerprint density at radius 1 is 1.30 bits per heavy atom. The van der Waals surface area contributed by atoms with Crippen molar-refractivity contribution in [2.24, 2.45) is 5.92 Å². The lowest BCUT2D eigenvalue weighted by molar-refractivity contribution is 0.288. The van der Waals surface area contributed by atoms with Gasteiger partial charge in [0.1, 0.15) is 10.7 Å². The number of benzene rings is 1. The topological polar surface area (TPSA) is 49.4 Å². The molecule has 1 aromatic rings. The van der Waals surface area contributed by atoms with E-state index >= 15 is 0 Å². The van der Waals surface area contributed by atoms with E-state index in [9.17, 15) is 12.8 Å². The Morgan fingerprint density at radius 2 is 1.95 bits per heavy atom. The highest BCUT2D eigenvalue weighted by molar-refractivity contribution is 7.89. The quantitative estimate of drug-likeness (QED) is 0.872. The lowest BCUT2D eigenvalue weighted by atomic mass is 10.2. The van der Waals surface area contributed by atoms with E-state index in [0.717, 1.165) is 25.7 Å². The molecule has 1 aliphatic rings. The van der Waals surface area contributed by atoms with Crippen molar-refractivity contribution in [1.29, 1.82) is 0 Å². The second-order valence-electron chi connectivity index (χ2n) is 5.40. The van der Waals surface area contributed by atoms with Crippen LogP contribution in [-0.2, 0) is 10.0 Å². The standard InChI is InChI=1S/C14H21FN2O2S/c1-12(11-17-8-4-5-9-17)10-16-20(18,19)14-7-3-2-6-13(14)15/h2-3,6-7,12,16H,4-5,8-11H2,1H3. The molecule has 1 fully saturated rings. The third kappa shape index (κ3) is 4.01. The fourth-order valence-corrected chi connectivity index (χ4v) is 3.70. The van der Waals surface area contributed by atoms with Crippen LogP contribution in [0.2, 0.25) is 0 Å². The summed E-state index contributed by atoms with van der Waals surface area (Å²) in [6.45, 7) is 5.38. The van der Waals surface area contributed by atoms with Crippen molar-refractivity contribution < 1.29 is 12.8 Å². The van der Waals surface area contributed by atoms with Crippen LogP contribution in [0.1, 0.15) is 19.8 Å². The first-order valence-corrected chi connectivity index (χ1v) is 8.44. The highest BCUT2D eigenvalue weighted by Crippen LogP contribution is 2.14. The molecule has 1 atom stereocenters. The molecule has 2 rings (SSSR count). The van der Waals surface area contributed by atoms with E-state index in [2.05, 4.69) is 9.62 Å². The minimum atomic E-state index is -3.76. The predicted octanol–water partition coefficient (Wildman–Crippen LogP) is 1.84. The number of sulfonamides is 1. The molecule has 0 saturated carbocycles. The molecule has 4 nitrogen and oxygen atoms in total. The van der Waals surface area contributed by atoms with Crippen LogP contribution in [0.15, 0.2) is 29.2 Å². The second-order valence-corrected chi connectivity index (χ2v) is 7.13. The third-order valence-electron chi connectivity index (χ3n) is 3.52. The van der Waals surface area contributed by atoms with Crippen LogP contribution < -0.4 is 4.72 Å². The maximum absolute atomic E-state index is 13.5. The molecule has 0 bridgehead atoms. The molecule has 1 unspecified atom stereocenters. The van der Waals surface area contributed by atoms with Gasteiger partial charge in [0, 0.05) is 13.1 Å². The molecular formula is C14H21FN2O2S. The average molecular weight is 300 g/mol. The summed E-state index contributed by atoms with van der Waals surface area (Å²) in [7, 11) is -3.76. The van der Waals surface area contributed by atoms with Gasteiger partial charge in [0.15, 0.2) is 0 Å². The summed E-state index contributed by atoms with van der Waals surface area (Å²) in [6.07, 6.45) is 2.43. The molecule has 0 aliphatic carbocycles. The van der Waals surface area contributed by atoms with Crippen molar-refractivity contribution in [1.82, 2.24) is 9.62 Å². The first kappa shape index (κ1) is 15.4. The number of hydrogen-bond donors (Lipinski definition) is 1. The minimum absolute atomic E-state index is 0.203. The maximum Gasteiger partial charge on any atom is 0.243 e. The van der Waals surface area contributed by atoms with Crippen molar-refractivity contribution in [2.75, 3.05) is 26.2 Å². The van der Waals surface area contributed by atoms with E-state index < -0.39 is 15.8 Å². The smallest absolute Gasteiger partial charge is 0.243 e. The zero-order valence-electron chi connectivity index (χ0n) is 11.7. The summed E-state index contributed by atoms with van der Waals surface area (Å²) in [5.41, 5.74) is 0. The van der Waals surface area contributed by atoms with E-state index in [4.69, 9.17) is 0 Å². The summed E-state index contributed by atoms with van der Waals surface area (Å²) < 4.78 is 40.1. The molecule has 6 heteroatoms. The predicted molar refractivity (Wildman–Crippen MR) is 76.4 cm³/mol. The summed E-state index contributed by atoms with van der Waals surface area (Å²) in [4.78, 5) is 2.05. The van der Waals surface area contributed by atoms with Crippen LogP contribution in [0, 0.1) is 11.7 Å². The van der Waals surface area contributed by atoms with Crippen LogP contribution in [0.5, 0.6) is 0 Å². The number of nitrogens with zero attached hydrogens (tertiary/aromatic N) is 1. The molecule has 112 valence electrons. The molecule has 1 aromatic carbocycles. The highest BCUT2D eigenvalue weighted by atomic mass is 32.2. The molecule has 0 spiro atoms. The first-order valence-electron chi connectivity index (χ1n) is 6.95. The largest absolute Gasteiger partial charge is 0.303 e. The maximum atomic E-state index is 13.5. The lowest BCUT2D eigenvalue weighted by Crippen LogP contribution is -2.34. The van der Waals surface area contributed by atoms with Crippen LogP contribution >= 0.6 is 0 Å². The van der Waals surface area contributed by atoms with Crippen molar-refractivity contribution in [3.63, 3.8) is 0 Å². The SMILES string of the molecule is CC(CNS(=O)(=O)c1ccccc1F)CN1CCCC1. The molecule has 0 aromatic heterocycles. The summed E-state index contributed by atoms with van der Waals surface area (Å²) >= 11 is 0. The number of hydrogen-bond acceptors (Lipinski definition) is 3. The first-order chi connectivity index (χ1) is 9.49. The zero-order valence-corrected chi connectivity index (χ0v) is 12.5. The molecule has 1 N–H and O–H groups in total. The fraction of sp³-hybridized carbons (Fsp3) is 0.571. The minimum Gasteiger partial charge on any atom is -0.303 e.